The van der Waals surface area contributed by atoms with E-state index >= 15 is 0 Å². The number of aryl methyl sites for hydroxylation is 1. The molecule has 2 aromatic heterocycles. The summed E-state index contributed by atoms with van der Waals surface area (Å²) >= 11 is 0. The number of ether oxygens (including phenoxy) is 1. The van der Waals surface area contributed by atoms with Gasteiger partial charge in [-0.1, -0.05) is 19.9 Å². The van der Waals surface area contributed by atoms with Crippen molar-refractivity contribution in [3.05, 3.63) is 41.3 Å². The van der Waals surface area contributed by atoms with Crippen LogP contribution in [0.4, 0.5) is 13.2 Å². The summed E-state index contributed by atoms with van der Waals surface area (Å²) in [7, 11) is 3.86. The van der Waals surface area contributed by atoms with Crippen molar-refractivity contribution in [3.8, 4) is 5.88 Å². The lowest BCUT2D eigenvalue weighted by atomic mass is 10.1. The monoisotopic (exact) mass is 554 g/mol. The average molecular weight is 554 g/mol. The van der Waals surface area contributed by atoms with Crippen LogP contribution in [0.15, 0.2) is 29.5 Å². The number of guanidine groups is 1. The van der Waals surface area contributed by atoms with E-state index in [1.54, 1.807) is 6.07 Å². The van der Waals surface area contributed by atoms with Gasteiger partial charge in [-0.05, 0) is 18.4 Å². The number of alkyl halides is 3. The van der Waals surface area contributed by atoms with Crippen molar-refractivity contribution < 1.29 is 17.9 Å². The summed E-state index contributed by atoms with van der Waals surface area (Å²) < 4.78 is 43.1. The van der Waals surface area contributed by atoms with Gasteiger partial charge in [0.05, 0.1) is 12.2 Å². The average Bonchev–Trinajstić information content (AvgIpc) is 3.04. The molecule has 2 rings (SSSR count). The second kappa shape index (κ2) is 12.1. The van der Waals surface area contributed by atoms with Gasteiger partial charge in [-0.15, -0.1) is 24.0 Å². The fourth-order valence-electron chi connectivity index (χ4n) is 2.87. The van der Waals surface area contributed by atoms with Gasteiger partial charge in [-0.3, -0.25) is 4.68 Å². The first-order valence-corrected chi connectivity index (χ1v) is 9.75. The molecular weight excluding hydrogens is 524 g/mol. The van der Waals surface area contributed by atoms with Gasteiger partial charge in [0.25, 0.3) is 0 Å². The van der Waals surface area contributed by atoms with Gasteiger partial charge in [-0.2, -0.15) is 18.3 Å². The summed E-state index contributed by atoms with van der Waals surface area (Å²) in [5.74, 6) is 0.966. The Morgan fingerprint density at radius 2 is 2.03 bits per heavy atom. The first kappa shape index (κ1) is 27.0. The maximum atomic E-state index is 12.2. The molecule has 0 saturated carbocycles. The number of rotatable bonds is 8. The number of nitrogens with one attached hydrogen (secondary N) is 1. The topological polar surface area (TPSA) is 67.6 Å². The van der Waals surface area contributed by atoms with Gasteiger partial charge in [0.2, 0.25) is 5.88 Å². The number of hydrogen-bond acceptors (Lipinski definition) is 4. The molecule has 0 aliphatic carbocycles. The number of pyridine rings is 1. The highest BCUT2D eigenvalue weighted by Gasteiger charge is 2.28. The van der Waals surface area contributed by atoms with E-state index in [9.17, 15) is 13.2 Å². The summed E-state index contributed by atoms with van der Waals surface area (Å²) in [6.07, 6.45) is -0.907. The van der Waals surface area contributed by atoms with Crippen LogP contribution in [0, 0.1) is 0 Å². The molecule has 0 fully saturated rings. The quantitative estimate of drug-likeness (QED) is 0.303. The minimum absolute atomic E-state index is 0. The maximum absolute atomic E-state index is 12.2. The third-order valence-corrected chi connectivity index (χ3v) is 4.18. The van der Waals surface area contributed by atoms with Gasteiger partial charge >= 0.3 is 6.18 Å². The number of nitrogens with zero attached hydrogens (tertiary/aromatic N) is 5. The number of hydrogen-bond donors (Lipinski definition) is 1. The molecule has 0 spiro atoms. The molecule has 11 heteroatoms. The van der Waals surface area contributed by atoms with Crippen LogP contribution in [0.3, 0.4) is 0 Å². The van der Waals surface area contributed by atoms with Crippen molar-refractivity contribution in [1.29, 1.82) is 0 Å². The minimum Gasteiger partial charge on any atom is -0.468 e. The largest absolute Gasteiger partial charge is 0.468 e. The normalized spacial score (nSPS) is 12.0. The van der Waals surface area contributed by atoms with Crippen LogP contribution in [0.2, 0.25) is 0 Å². The summed E-state index contributed by atoms with van der Waals surface area (Å²) in [5, 5.41) is 7.80. The molecule has 2 heterocycles. The fraction of sp³-hybridized carbons (Fsp3) is 0.550. The molecule has 0 unspecified atom stereocenters. The first-order valence-electron chi connectivity index (χ1n) is 9.75. The van der Waals surface area contributed by atoms with Crippen LogP contribution >= 0.6 is 24.0 Å². The van der Waals surface area contributed by atoms with Crippen molar-refractivity contribution in [3.63, 3.8) is 0 Å². The van der Waals surface area contributed by atoms with E-state index < -0.39 is 12.8 Å². The lowest BCUT2D eigenvalue weighted by Gasteiger charge is -2.22. The Bertz CT molecular complexity index is 836. The van der Waals surface area contributed by atoms with Crippen LogP contribution in [0.5, 0.6) is 5.88 Å². The molecule has 0 radical (unpaired) electrons. The standard InChI is InChI=1S/C20H29F3N6O.HI/c1-6-24-19(28(4)11-16-12-29(5)27-18(16)14(2)3)26-10-15-7-8-17(25-9-15)30-13-20(21,22)23;/h7-9,12,14H,6,10-11,13H2,1-5H3,(H,24,26);1H. The van der Waals surface area contributed by atoms with Gasteiger partial charge in [-0.25, -0.2) is 9.98 Å². The van der Waals surface area contributed by atoms with E-state index in [4.69, 9.17) is 0 Å². The summed E-state index contributed by atoms with van der Waals surface area (Å²) in [6, 6.07) is 3.07. The minimum atomic E-state index is -4.39. The van der Waals surface area contributed by atoms with Crippen LogP contribution in [0.1, 0.15) is 43.5 Å². The Kier molecular flexibility index (Phi) is 10.5. The molecule has 2 aromatic rings. The van der Waals surface area contributed by atoms with Crippen LogP contribution < -0.4 is 10.1 Å². The zero-order chi connectivity index (χ0) is 22.3. The van der Waals surface area contributed by atoms with Gasteiger partial charge < -0.3 is 15.0 Å². The molecule has 0 bridgehead atoms. The van der Waals surface area contributed by atoms with E-state index in [0.717, 1.165) is 16.8 Å². The number of halogens is 4. The molecule has 7 nitrogen and oxygen atoms in total. The SMILES string of the molecule is CCNC(=NCc1ccc(OCC(F)(F)F)nc1)N(C)Cc1cn(C)nc1C(C)C.I. The predicted molar refractivity (Wildman–Crippen MR) is 125 cm³/mol. The molecular formula is C20H30F3IN6O. The zero-order valence-electron chi connectivity index (χ0n) is 18.4. The Labute approximate surface area is 198 Å². The predicted octanol–water partition coefficient (Wildman–Crippen LogP) is 4.10. The molecule has 31 heavy (non-hydrogen) atoms. The number of aromatic nitrogens is 3. The third-order valence-electron chi connectivity index (χ3n) is 4.18. The molecule has 0 atom stereocenters. The second-order valence-corrected chi connectivity index (χ2v) is 7.30. The molecule has 0 saturated heterocycles. The van der Waals surface area contributed by atoms with Crippen molar-refractivity contribution in [1.82, 2.24) is 25.0 Å². The summed E-state index contributed by atoms with van der Waals surface area (Å²) in [6.45, 7) is 6.54. The van der Waals surface area contributed by atoms with Crippen molar-refractivity contribution in [2.24, 2.45) is 12.0 Å². The van der Waals surface area contributed by atoms with E-state index in [2.05, 4.69) is 39.0 Å². The Balaban J connectivity index is 0.00000480. The Morgan fingerprint density at radius 1 is 1.32 bits per heavy atom. The Morgan fingerprint density at radius 3 is 2.58 bits per heavy atom. The highest BCUT2D eigenvalue weighted by molar-refractivity contribution is 14.0. The molecule has 0 amide bonds. The number of aliphatic imine (C=N–C) groups is 1. The van der Waals surface area contributed by atoms with Gasteiger partial charge in [0.1, 0.15) is 0 Å². The highest BCUT2D eigenvalue weighted by Crippen LogP contribution is 2.19. The summed E-state index contributed by atoms with van der Waals surface area (Å²) in [5.41, 5.74) is 2.95. The molecule has 0 aromatic carbocycles. The lowest BCUT2D eigenvalue weighted by Crippen LogP contribution is -2.38. The van der Waals surface area contributed by atoms with Crippen molar-refractivity contribution in [2.45, 2.75) is 46.0 Å². The van der Waals surface area contributed by atoms with E-state index in [1.165, 1.54) is 12.3 Å². The fourth-order valence-corrected chi connectivity index (χ4v) is 2.87. The maximum Gasteiger partial charge on any atom is 0.422 e. The summed E-state index contributed by atoms with van der Waals surface area (Å²) in [4.78, 5) is 10.5. The van der Waals surface area contributed by atoms with Crippen molar-refractivity contribution >= 4 is 29.9 Å². The van der Waals surface area contributed by atoms with Crippen LogP contribution in [0.25, 0.3) is 0 Å². The highest BCUT2D eigenvalue weighted by atomic mass is 127. The molecule has 174 valence electrons. The second-order valence-electron chi connectivity index (χ2n) is 7.30. The van der Waals surface area contributed by atoms with E-state index in [-0.39, 0.29) is 29.9 Å². The molecule has 0 aliphatic rings. The van der Waals surface area contributed by atoms with Crippen LogP contribution in [-0.2, 0) is 20.1 Å². The van der Waals surface area contributed by atoms with E-state index in [1.807, 2.05) is 36.8 Å². The van der Waals surface area contributed by atoms with Gasteiger partial charge in [0, 0.05) is 51.2 Å². The van der Waals surface area contributed by atoms with Crippen LogP contribution in [-0.4, -0.2) is 52.0 Å². The molecule has 0 aliphatic heterocycles. The van der Waals surface area contributed by atoms with Crippen molar-refractivity contribution in [2.75, 3.05) is 20.2 Å². The van der Waals surface area contributed by atoms with E-state index in [0.29, 0.717) is 31.5 Å². The first-order chi connectivity index (χ1) is 14.1. The molecule has 1 N–H and O–H groups in total. The smallest absolute Gasteiger partial charge is 0.422 e. The van der Waals surface area contributed by atoms with Gasteiger partial charge in [0.15, 0.2) is 12.6 Å². The lowest BCUT2D eigenvalue weighted by molar-refractivity contribution is -0.154. The third kappa shape index (κ3) is 8.91. The Hall–Kier alpha value is -2.05. The zero-order valence-corrected chi connectivity index (χ0v) is 20.7.